The molecule has 1 aromatic heterocycles. The highest BCUT2D eigenvalue weighted by molar-refractivity contribution is 14.1. The van der Waals surface area contributed by atoms with Crippen molar-refractivity contribution in [1.82, 2.24) is 4.57 Å². The molecule has 0 amide bonds. The SMILES string of the molecule is CCCC(I)CCn1c2ccccc2c2ccccc21. The summed E-state index contributed by atoms with van der Waals surface area (Å²) in [5, 5.41) is 2.76. The second-order valence-electron chi connectivity index (χ2n) is 5.36. The zero-order chi connectivity index (χ0) is 13.9. The first-order chi connectivity index (χ1) is 9.81. The summed E-state index contributed by atoms with van der Waals surface area (Å²) in [6.07, 6.45) is 3.84. The fourth-order valence-electron chi connectivity index (χ4n) is 2.97. The Morgan fingerprint density at radius 1 is 0.900 bits per heavy atom. The summed E-state index contributed by atoms with van der Waals surface area (Å²) in [5.41, 5.74) is 2.74. The van der Waals surface area contributed by atoms with E-state index in [-0.39, 0.29) is 0 Å². The number of hydrogen-bond acceptors (Lipinski definition) is 0. The van der Waals surface area contributed by atoms with Gasteiger partial charge in [0, 0.05) is 32.3 Å². The molecule has 0 saturated heterocycles. The van der Waals surface area contributed by atoms with E-state index in [0.717, 1.165) is 10.5 Å². The van der Waals surface area contributed by atoms with Crippen molar-refractivity contribution in [1.29, 1.82) is 0 Å². The molecule has 0 N–H and O–H groups in total. The van der Waals surface area contributed by atoms with Crippen LogP contribution in [0.1, 0.15) is 26.2 Å². The summed E-state index contributed by atoms with van der Waals surface area (Å²) in [6, 6.07) is 17.5. The van der Waals surface area contributed by atoms with E-state index in [9.17, 15) is 0 Å². The molecular weight excluding hydrogens is 357 g/mol. The third kappa shape index (κ3) is 2.58. The molecule has 1 heterocycles. The van der Waals surface area contributed by atoms with E-state index in [1.165, 1.54) is 41.1 Å². The molecule has 0 radical (unpaired) electrons. The summed E-state index contributed by atoms with van der Waals surface area (Å²) in [7, 11) is 0. The van der Waals surface area contributed by atoms with E-state index in [0.29, 0.717) is 0 Å². The maximum absolute atomic E-state index is 2.60. The molecule has 1 atom stereocenters. The quantitative estimate of drug-likeness (QED) is 0.392. The molecule has 2 aromatic carbocycles. The summed E-state index contributed by atoms with van der Waals surface area (Å²) < 4.78 is 3.27. The van der Waals surface area contributed by atoms with Crippen LogP contribution in [0.15, 0.2) is 48.5 Å². The zero-order valence-electron chi connectivity index (χ0n) is 11.8. The lowest BCUT2D eigenvalue weighted by atomic mass is 10.2. The smallest absolute Gasteiger partial charge is 0.0491 e. The topological polar surface area (TPSA) is 4.93 Å². The van der Waals surface area contributed by atoms with Gasteiger partial charge in [-0.15, -0.1) is 0 Å². The Morgan fingerprint density at radius 2 is 1.45 bits per heavy atom. The fraction of sp³-hybridized carbons (Fsp3) is 0.333. The van der Waals surface area contributed by atoms with Crippen molar-refractivity contribution in [2.75, 3.05) is 0 Å². The highest BCUT2D eigenvalue weighted by atomic mass is 127. The molecule has 1 unspecified atom stereocenters. The van der Waals surface area contributed by atoms with Crippen molar-refractivity contribution in [3.8, 4) is 0 Å². The number of hydrogen-bond donors (Lipinski definition) is 0. The number of aromatic nitrogens is 1. The van der Waals surface area contributed by atoms with E-state index in [1.54, 1.807) is 0 Å². The van der Waals surface area contributed by atoms with Gasteiger partial charge in [0.15, 0.2) is 0 Å². The molecule has 0 bridgehead atoms. The number of fused-ring (bicyclic) bond motifs is 3. The van der Waals surface area contributed by atoms with Crippen LogP contribution in [0.25, 0.3) is 21.8 Å². The van der Waals surface area contributed by atoms with Crippen LogP contribution in [0.5, 0.6) is 0 Å². The Bertz CT molecular complexity index is 660. The molecule has 0 saturated carbocycles. The average Bonchev–Trinajstić information content (AvgIpc) is 2.80. The van der Waals surface area contributed by atoms with Crippen LogP contribution >= 0.6 is 22.6 Å². The molecule has 20 heavy (non-hydrogen) atoms. The monoisotopic (exact) mass is 377 g/mol. The summed E-state index contributed by atoms with van der Waals surface area (Å²) in [5.74, 6) is 0. The molecule has 0 aliphatic rings. The second-order valence-corrected chi connectivity index (χ2v) is 7.12. The first-order valence-electron chi connectivity index (χ1n) is 7.41. The minimum absolute atomic E-state index is 0.775. The Morgan fingerprint density at radius 3 is 2.00 bits per heavy atom. The predicted octanol–water partition coefficient (Wildman–Crippen LogP) is 5.79. The lowest BCUT2D eigenvalue weighted by molar-refractivity contribution is 0.630. The lowest BCUT2D eigenvalue weighted by Crippen LogP contribution is -2.05. The molecule has 2 heteroatoms. The third-order valence-corrected chi connectivity index (χ3v) is 5.19. The second kappa shape index (κ2) is 6.17. The Balaban J connectivity index is 2.03. The van der Waals surface area contributed by atoms with Crippen LogP contribution in [-0.4, -0.2) is 8.49 Å². The Kier molecular flexibility index (Phi) is 4.29. The van der Waals surface area contributed by atoms with E-state index in [1.807, 2.05) is 0 Å². The van der Waals surface area contributed by atoms with E-state index in [2.05, 4.69) is 82.6 Å². The number of aryl methyl sites for hydroxylation is 1. The van der Waals surface area contributed by atoms with Crippen LogP contribution < -0.4 is 0 Å². The van der Waals surface area contributed by atoms with Crippen LogP contribution in [0.4, 0.5) is 0 Å². The van der Waals surface area contributed by atoms with Crippen LogP contribution in [0, 0.1) is 0 Å². The van der Waals surface area contributed by atoms with Gasteiger partial charge in [0.1, 0.15) is 0 Å². The van der Waals surface area contributed by atoms with Gasteiger partial charge in [-0.1, -0.05) is 72.3 Å². The van der Waals surface area contributed by atoms with Gasteiger partial charge in [0.2, 0.25) is 0 Å². The number of halogens is 1. The van der Waals surface area contributed by atoms with Gasteiger partial charge >= 0.3 is 0 Å². The van der Waals surface area contributed by atoms with Gasteiger partial charge < -0.3 is 4.57 Å². The molecule has 3 rings (SSSR count). The van der Waals surface area contributed by atoms with Gasteiger partial charge in [-0.05, 0) is 25.0 Å². The first-order valence-corrected chi connectivity index (χ1v) is 8.66. The molecular formula is C18H20IN. The molecule has 0 aliphatic carbocycles. The molecule has 3 aromatic rings. The van der Waals surface area contributed by atoms with Crippen molar-refractivity contribution in [3.63, 3.8) is 0 Å². The molecule has 104 valence electrons. The summed E-state index contributed by atoms with van der Waals surface area (Å²) in [4.78, 5) is 0. The normalized spacial score (nSPS) is 13.1. The zero-order valence-corrected chi connectivity index (χ0v) is 14.0. The molecule has 1 nitrogen and oxygen atoms in total. The van der Waals surface area contributed by atoms with E-state index < -0.39 is 0 Å². The molecule has 0 spiro atoms. The molecule has 0 fully saturated rings. The van der Waals surface area contributed by atoms with Crippen molar-refractivity contribution < 1.29 is 0 Å². The minimum atomic E-state index is 0.775. The average molecular weight is 377 g/mol. The standard InChI is InChI=1S/C18H20IN/c1-2-7-14(19)12-13-20-17-10-5-3-8-15(17)16-9-4-6-11-18(16)20/h3-6,8-11,14H,2,7,12-13H2,1H3. The lowest BCUT2D eigenvalue weighted by Gasteiger charge is -2.11. The number of nitrogens with zero attached hydrogens (tertiary/aromatic N) is 1. The maximum atomic E-state index is 2.60. The number of benzene rings is 2. The number of rotatable bonds is 5. The van der Waals surface area contributed by atoms with Crippen molar-refractivity contribution >= 4 is 44.4 Å². The van der Waals surface area contributed by atoms with Crippen LogP contribution in [0.3, 0.4) is 0 Å². The van der Waals surface area contributed by atoms with Gasteiger partial charge in [0.25, 0.3) is 0 Å². The highest BCUT2D eigenvalue weighted by Crippen LogP contribution is 2.29. The Labute approximate surface area is 134 Å². The fourth-order valence-corrected chi connectivity index (χ4v) is 3.87. The highest BCUT2D eigenvalue weighted by Gasteiger charge is 2.10. The van der Waals surface area contributed by atoms with E-state index in [4.69, 9.17) is 0 Å². The minimum Gasteiger partial charge on any atom is -0.340 e. The van der Waals surface area contributed by atoms with Gasteiger partial charge in [-0.2, -0.15) is 0 Å². The number of alkyl halides is 1. The summed E-state index contributed by atoms with van der Waals surface area (Å²) >= 11 is 2.60. The van der Waals surface area contributed by atoms with Crippen molar-refractivity contribution in [2.24, 2.45) is 0 Å². The van der Waals surface area contributed by atoms with Gasteiger partial charge in [0.05, 0.1) is 0 Å². The third-order valence-electron chi connectivity index (χ3n) is 3.95. The van der Waals surface area contributed by atoms with Gasteiger partial charge in [-0.3, -0.25) is 0 Å². The largest absolute Gasteiger partial charge is 0.340 e. The predicted molar refractivity (Wildman–Crippen MR) is 96.8 cm³/mol. The maximum Gasteiger partial charge on any atom is 0.0491 e. The first kappa shape index (κ1) is 13.9. The van der Waals surface area contributed by atoms with Crippen molar-refractivity contribution in [2.45, 2.75) is 36.7 Å². The Hall–Kier alpha value is -1.03. The summed E-state index contributed by atoms with van der Waals surface area (Å²) in [6.45, 7) is 3.38. The van der Waals surface area contributed by atoms with Crippen LogP contribution in [0.2, 0.25) is 0 Å². The van der Waals surface area contributed by atoms with Gasteiger partial charge in [-0.25, -0.2) is 0 Å². The van der Waals surface area contributed by atoms with E-state index >= 15 is 0 Å². The van der Waals surface area contributed by atoms with Crippen molar-refractivity contribution in [3.05, 3.63) is 48.5 Å². The number of para-hydroxylation sites is 2. The van der Waals surface area contributed by atoms with Crippen LogP contribution in [-0.2, 0) is 6.54 Å². The molecule has 0 aliphatic heterocycles.